The van der Waals surface area contributed by atoms with Gasteiger partial charge in [0.1, 0.15) is 5.82 Å². The standard InChI is InChI=1S/C14H12N6/c1-9-17-12-7-10(3-5-13(12)20(9)2)11-4-6-14(16-8-15)19-18-11/h3-7H,1-2H3,(H,16,19). The lowest BCUT2D eigenvalue weighted by Gasteiger charge is -2.02. The Labute approximate surface area is 115 Å². The number of benzene rings is 1. The van der Waals surface area contributed by atoms with Crippen molar-refractivity contribution in [3.8, 4) is 17.5 Å². The lowest BCUT2D eigenvalue weighted by Crippen LogP contribution is -1.95. The molecule has 2 aromatic heterocycles. The van der Waals surface area contributed by atoms with Crippen LogP contribution in [0.1, 0.15) is 5.82 Å². The summed E-state index contributed by atoms with van der Waals surface area (Å²) in [6.07, 6.45) is 1.81. The Bertz CT molecular complexity index is 810. The fourth-order valence-electron chi connectivity index (χ4n) is 2.09. The quantitative estimate of drug-likeness (QED) is 0.567. The Morgan fingerprint density at radius 1 is 1.20 bits per heavy atom. The SMILES string of the molecule is Cc1nc2cc(-c3ccc(NC#N)nn3)ccc2n1C. The Morgan fingerprint density at radius 3 is 2.75 bits per heavy atom. The number of nitrogens with one attached hydrogen (secondary N) is 1. The summed E-state index contributed by atoms with van der Waals surface area (Å²) in [6, 6.07) is 9.55. The Hall–Kier alpha value is -2.94. The molecule has 0 saturated heterocycles. The zero-order chi connectivity index (χ0) is 14.1. The van der Waals surface area contributed by atoms with E-state index in [9.17, 15) is 0 Å². The highest BCUT2D eigenvalue weighted by atomic mass is 15.2. The third kappa shape index (κ3) is 1.95. The van der Waals surface area contributed by atoms with Gasteiger partial charge in [-0.2, -0.15) is 5.26 Å². The maximum absolute atomic E-state index is 8.51. The summed E-state index contributed by atoms with van der Waals surface area (Å²) < 4.78 is 2.05. The summed E-state index contributed by atoms with van der Waals surface area (Å²) >= 11 is 0. The highest BCUT2D eigenvalue weighted by molar-refractivity contribution is 5.81. The number of hydrogen-bond donors (Lipinski definition) is 1. The maximum atomic E-state index is 8.51. The van der Waals surface area contributed by atoms with Gasteiger partial charge in [-0.3, -0.25) is 5.32 Å². The Morgan fingerprint density at radius 2 is 2.05 bits per heavy atom. The van der Waals surface area contributed by atoms with Crippen LogP contribution in [-0.4, -0.2) is 19.7 Å². The van der Waals surface area contributed by atoms with Gasteiger partial charge in [0, 0.05) is 12.6 Å². The molecule has 0 amide bonds. The molecule has 1 N–H and O–H groups in total. The van der Waals surface area contributed by atoms with Crippen LogP contribution < -0.4 is 5.32 Å². The van der Waals surface area contributed by atoms with Crippen molar-refractivity contribution in [1.29, 1.82) is 5.26 Å². The van der Waals surface area contributed by atoms with Crippen molar-refractivity contribution >= 4 is 16.9 Å². The summed E-state index contributed by atoms with van der Waals surface area (Å²) in [6.45, 7) is 1.97. The Kier molecular flexibility index (Phi) is 2.80. The van der Waals surface area contributed by atoms with Crippen molar-refractivity contribution < 1.29 is 0 Å². The summed E-state index contributed by atoms with van der Waals surface area (Å²) in [5, 5.41) is 19.0. The van der Waals surface area contributed by atoms with E-state index < -0.39 is 0 Å². The molecule has 0 saturated carbocycles. The molecule has 0 aliphatic heterocycles. The average Bonchev–Trinajstić information content (AvgIpc) is 2.75. The van der Waals surface area contributed by atoms with Crippen LogP contribution >= 0.6 is 0 Å². The molecular formula is C14H12N6. The van der Waals surface area contributed by atoms with Crippen LogP contribution in [-0.2, 0) is 7.05 Å². The number of rotatable bonds is 2. The topological polar surface area (TPSA) is 79.4 Å². The second-order valence-electron chi connectivity index (χ2n) is 4.46. The summed E-state index contributed by atoms with van der Waals surface area (Å²) in [7, 11) is 1.99. The number of fused-ring (bicyclic) bond motifs is 1. The van der Waals surface area contributed by atoms with Gasteiger partial charge in [-0.25, -0.2) is 4.98 Å². The van der Waals surface area contributed by atoms with Gasteiger partial charge in [0.25, 0.3) is 0 Å². The largest absolute Gasteiger partial charge is 0.331 e. The number of nitrogens with zero attached hydrogens (tertiary/aromatic N) is 5. The average molecular weight is 264 g/mol. The molecule has 1 aromatic carbocycles. The van der Waals surface area contributed by atoms with Gasteiger partial charge in [0.05, 0.1) is 16.7 Å². The molecule has 0 bridgehead atoms. The van der Waals surface area contributed by atoms with Gasteiger partial charge in [-0.1, -0.05) is 6.07 Å². The van der Waals surface area contributed by atoms with Crippen LogP contribution in [0.3, 0.4) is 0 Å². The predicted octanol–water partition coefficient (Wildman–Crippen LogP) is 2.23. The smallest absolute Gasteiger partial charge is 0.182 e. The first-order valence-electron chi connectivity index (χ1n) is 6.11. The van der Waals surface area contributed by atoms with Crippen molar-refractivity contribution in [3.63, 3.8) is 0 Å². The van der Waals surface area contributed by atoms with E-state index in [1.807, 2.05) is 49.0 Å². The van der Waals surface area contributed by atoms with E-state index in [-0.39, 0.29) is 0 Å². The fourth-order valence-corrected chi connectivity index (χ4v) is 2.09. The molecule has 0 atom stereocenters. The molecule has 98 valence electrons. The minimum absolute atomic E-state index is 0.436. The van der Waals surface area contributed by atoms with Gasteiger partial charge < -0.3 is 4.57 Å². The molecule has 3 rings (SSSR count). The summed E-state index contributed by atoms with van der Waals surface area (Å²) in [5.74, 6) is 1.41. The second kappa shape index (κ2) is 4.63. The lowest BCUT2D eigenvalue weighted by atomic mass is 10.1. The van der Waals surface area contributed by atoms with Gasteiger partial charge >= 0.3 is 0 Å². The molecule has 6 heteroatoms. The maximum Gasteiger partial charge on any atom is 0.182 e. The van der Waals surface area contributed by atoms with Crippen molar-refractivity contribution in [3.05, 3.63) is 36.2 Å². The summed E-state index contributed by atoms with van der Waals surface area (Å²) in [4.78, 5) is 4.51. The molecule has 20 heavy (non-hydrogen) atoms. The molecule has 0 unspecified atom stereocenters. The van der Waals surface area contributed by atoms with E-state index >= 15 is 0 Å². The van der Waals surface area contributed by atoms with E-state index in [2.05, 4.69) is 20.5 Å². The predicted molar refractivity (Wildman–Crippen MR) is 75.7 cm³/mol. The zero-order valence-corrected chi connectivity index (χ0v) is 11.1. The minimum atomic E-state index is 0.436. The van der Waals surface area contributed by atoms with Crippen molar-refractivity contribution in [2.75, 3.05) is 5.32 Å². The molecule has 6 nitrogen and oxygen atoms in total. The van der Waals surface area contributed by atoms with Crippen molar-refractivity contribution in [2.45, 2.75) is 6.92 Å². The van der Waals surface area contributed by atoms with Crippen molar-refractivity contribution in [2.24, 2.45) is 7.05 Å². The molecule has 0 spiro atoms. The number of imidazole rings is 1. The first-order valence-corrected chi connectivity index (χ1v) is 6.11. The van der Waals surface area contributed by atoms with Crippen LogP contribution in [0.5, 0.6) is 0 Å². The number of nitriles is 1. The van der Waals surface area contributed by atoms with Gasteiger partial charge in [0.15, 0.2) is 12.0 Å². The third-order valence-electron chi connectivity index (χ3n) is 3.25. The molecule has 0 fully saturated rings. The van der Waals surface area contributed by atoms with Gasteiger partial charge in [0.2, 0.25) is 0 Å². The van der Waals surface area contributed by atoms with Crippen LogP contribution in [0, 0.1) is 18.4 Å². The first-order chi connectivity index (χ1) is 9.69. The van der Waals surface area contributed by atoms with E-state index in [0.717, 1.165) is 28.1 Å². The van der Waals surface area contributed by atoms with Crippen LogP contribution in [0.4, 0.5) is 5.82 Å². The van der Waals surface area contributed by atoms with Crippen molar-refractivity contribution in [1.82, 2.24) is 19.7 Å². The highest BCUT2D eigenvalue weighted by Crippen LogP contribution is 2.23. The first kappa shape index (κ1) is 12.1. The van der Waals surface area contributed by atoms with E-state index in [4.69, 9.17) is 5.26 Å². The highest BCUT2D eigenvalue weighted by Gasteiger charge is 2.07. The molecular weight excluding hydrogens is 252 g/mol. The van der Waals surface area contributed by atoms with Crippen LogP contribution in [0.15, 0.2) is 30.3 Å². The molecule has 0 aliphatic carbocycles. The number of aryl methyl sites for hydroxylation is 2. The van der Waals surface area contributed by atoms with Crippen LogP contribution in [0.2, 0.25) is 0 Å². The normalized spacial score (nSPS) is 10.4. The van der Waals surface area contributed by atoms with E-state index in [1.165, 1.54) is 0 Å². The monoisotopic (exact) mass is 264 g/mol. The number of hydrogen-bond acceptors (Lipinski definition) is 5. The van der Waals surface area contributed by atoms with Gasteiger partial charge in [-0.05, 0) is 31.2 Å². The second-order valence-corrected chi connectivity index (χ2v) is 4.46. The van der Waals surface area contributed by atoms with Gasteiger partial charge in [-0.15, -0.1) is 10.2 Å². The third-order valence-corrected chi connectivity index (χ3v) is 3.25. The molecule has 0 radical (unpaired) electrons. The van der Waals surface area contributed by atoms with Crippen LogP contribution in [0.25, 0.3) is 22.3 Å². The minimum Gasteiger partial charge on any atom is -0.331 e. The molecule has 0 aliphatic rings. The molecule has 2 heterocycles. The van der Waals surface area contributed by atoms with E-state index in [0.29, 0.717) is 5.82 Å². The zero-order valence-electron chi connectivity index (χ0n) is 11.1. The summed E-state index contributed by atoms with van der Waals surface area (Å²) in [5.41, 5.74) is 3.72. The molecule has 3 aromatic rings. The fraction of sp³-hybridized carbons (Fsp3) is 0.143. The number of aromatic nitrogens is 4. The number of anilines is 1. The Balaban J connectivity index is 2.03. The lowest BCUT2D eigenvalue weighted by molar-refractivity contribution is 0.886. The van der Waals surface area contributed by atoms with E-state index in [1.54, 1.807) is 6.07 Å².